The van der Waals surface area contributed by atoms with E-state index in [0.717, 1.165) is 8.66 Å². The van der Waals surface area contributed by atoms with Crippen molar-refractivity contribution in [3.05, 3.63) is 20.7 Å². The SMILES string of the molecule is Nn1c(-c2ccc(Br)s2)n[nH]c1=S. The lowest BCUT2D eigenvalue weighted by molar-refractivity contribution is 0.986. The number of thiophene rings is 1. The third-order valence-electron chi connectivity index (χ3n) is 1.50. The van der Waals surface area contributed by atoms with Crippen LogP contribution < -0.4 is 5.84 Å². The number of aromatic amines is 1. The van der Waals surface area contributed by atoms with Gasteiger partial charge in [-0.15, -0.1) is 11.3 Å². The van der Waals surface area contributed by atoms with Crippen molar-refractivity contribution in [2.75, 3.05) is 5.84 Å². The lowest BCUT2D eigenvalue weighted by atomic mass is 10.4. The van der Waals surface area contributed by atoms with Crippen LogP contribution in [0.15, 0.2) is 15.9 Å². The number of hydrogen-bond acceptors (Lipinski definition) is 4. The molecule has 0 aliphatic carbocycles. The smallest absolute Gasteiger partial charge is 0.214 e. The van der Waals surface area contributed by atoms with Gasteiger partial charge in [0.25, 0.3) is 0 Å². The molecule has 0 fully saturated rings. The van der Waals surface area contributed by atoms with Crippen LogP contribution in [0.25, 0.3) is 10.7 Å². The van der Waals surface area contributed by atoms with E-state index in [2.05, 4.69) is 26.1 Å². The van der Waals surface area contributed by atoms with Crippen molar-refractivity contribution in [2.45, 2.75) is 0 Å². The predicted octanol–water partition coefficient (Wildman–Crippen LogP) is 2.15. The summed E-state index contributed by atoms with van der Waals surface area (Å²) in [5.41, 5.74) is 0. The van der Waals surface area contributed by atoms with Gasteiger partial charge in [0.05, 0.1) is 8.66 Å². The molecule has 7 heteroatoms. The molecule has 0 bridgehead atoms. The Hall–Kier alpha value is -0.660. The number of nitrogens with one attached hydrogen (secondary N) is 1. The molecular formula is C6H5BrN4S2. The van der Waals surface area contributed by atoms with Crippen LogP contribution in [0.3, 0.4) is 0 Å². The number of halogens is 1. The molecule has 68 valence electrons. The molecule has 2 aromatic heterocycles. The fourth-order valence-electron chi connectivity index (χ4n) is 0.913. The minimum Gasteiger partial charge on any atom is -0.335 e. The quantitative estimate of drug-likeness (QED) is 0.620. The highest BCUT2D eigenvalue weighted by atomic mass is 79.9. The minimum atomic E-state index is 0.416. The van der Waals surface area contributed by atoms with E-state index in [0.29, 0.717) is 10.6 Å². The average Bonchev–Trinajstić information content (AvgIpc) is 2.62. The number of hydrogen-bond donors (Lipinski definition) is 2. The summed E-state index contributed by atoms with van der Waals surface area (Å²) >= 11 is 9.81. The lowest BCUT2D eigenvalue weighted by Crippen LogP contribution is -2.09. The maximum absolute atomic E-state index is 5.65. The van der Waals surface area contributed by atoms with Gasteiger partial charge in [0.2, 0.25) is 4.77 Å². The molecule has 2 rings (SSSR count). The number of rotatable bonds is 1. The summed E-state index contributed by atoms with van der Waals surface area (Å²) in [6, 6.07) is 3.88. The van der Waals surface area contributed by atoms with Crippen molar-refractivity contribution in [3.63, 3.8) is 0 Å². The Morgan fingerprint density at radius 1 is 1.62 bits per heavy atom. The Kier molecular flexibility index (Phi) is 2.22. The molecule has 0 spiro atoms. The molecule has 0 radical (unpaired) electrons. The van der Waals surface area contributed by atoms with Gasteiger partial charge < -0.3 is 5.84 Å². The zero-order valence-corrected chi connectivity index (χ0v) is 9.54. The molecule has 0 saturated heterocycles. The summed E-state index contributed by atoms with van der Waals surface area (Å²) in [6.07, 6.45) is 0. The summed E-state index contributed by atoms with van der Waals surface area (Å²) in [7, 11) is 0. The van der Waals surface area contributed by atoms with Crippen LogP contribution in [0.4, 0.5) is 0 Å². The van der Waals surface area contributed by atoms with Crippen molar-refractivity contribution in [1.82, 2.24) is 14.9 Å². The summed E-state index contributed by atoms with van der Waals surface area (Å²) in [5.74, 6) is 6.31. The molecule has 0 unspecified atom stereocenters. The zero-order valence-electron chi connectivity index (χ0n) is 6.32. The molecule has 2 heterocycles. The molecule has 0 amide bonds. The van der Waals surface area contributed by atoms with Crippen LogP contribution >= 0.6 is 39.5 Å². The molecule has 0 atom stereocenters. The van der Waals surface area contributed by atoms with Crippen LogP contribution in [0.5, 0.6) is 0 Å². The highest BCUT2D eigenvalue weighted by Crippen LogP contribution is 2.29. The molecule has 13 heavy (non-hydrogen) atoms. The zero-order chi connectivity index (χ0) is 9.42. The second-order valence-corrected chi connectivity index (χ2v) is 5.18. The van der Waals surface area contributed by atoms with Crippen LogP contribution in [-0.4, -0.2) is 14.9 Å². The van der Waals surface area contributed by atoms with Gasteiger partial charge in [-0.1, -0.05) is 0 Å². The van der Waals surface area contributed by atoms with E-state index in [4.69, 9.17) is 18.1 Å². The Labute approximate surface area is 91.5 Å². The summed E-state index contributed by atoms with van der Waals surface area (Å²) < 4.78 is 2.81. The van der Waals surface area contributed by atoms with Crippen LogP contribution in [0.1, 0.15) is 0 Å². The highest BCUT2D eigenvalue weighted by molar-refractivity contribution is 9.11. The maximum Gasteiger partial charge on any atom is 0.214 e. The fraction of sp³-hybridized carbons (Fsp3) is 0. The van der Waals surface area contributed by atoms with Gasteiger partial charge in [0.1, 0.15) is 0 Å². The van der Waals surface area contributed by atoms with Gasteiger partial charge >= 0.3 is 0 Å². The van der Waals surface area contributed by atoms with Gasteiger partial charge in [-0.05, 0) is 40.3 Å². The van der Waals surface area contributed by atoms with E-state index in [9.17, 15) is 0 Å². The monoisotopic (exact) mass is 276 g/mol. The van der Waals surface area contributed by atoms with Crippen molar-refractivity contribution in [3.8, 4) is 10.7 Å². The molecule has 3 N–H and O–H groups in total. The van der Waals surface area contributed by atoms with E-state index >= 15 is 0 Å². The Morgan fingerprint density at radius 2 is 2.38 bits per heavy atom. The maximum atomic E-state index is 5.65. The number of nitrogens with two attached hydrogens (primary N) is 1. The van der Waals surface area contributed by atoms with E-state index in [1.807, 2.05) is 12.1 Å². The summed E-state index contributed by atoms with van der Waals surface area (Å²) in [6.45, 7) is 0. The molecule has 0 aliphatic rings. The summed E-state index contributed by atoms with van der Waals surface area (Å²) in [4.78, 5) is 0.974. The molecule has 4 nitrogen and oxygen atoms in total. The van der Waals surface area contributed by atoms with E-state index in [1.54, 1.807) is 11.3 Å². The van der Waals surface area contributed by atoms with Crippen molar-refractivity contribution in [1.29, 1.82) is 0 Å². The van der Waals surface area contributed by atoms with Gasteiger partial charge in [0.15, 0.2) is 5.82 Å². The third-order valence-corrected chi connectivity index (χ3v) is 3.41. The van der Waals surface area contributed by atoms with Crippen molar-refractivity contribution >= 4 is 39.5 Å². The number of nitrogen functional groups attached to an aromatic ring is 1. The molecule has 2 aromatic rings. The highest BCUT2D eigenvalue weighted by Gasteiger charge is 2.07. The predicted molar refractivity (Wildman–Crippen MR) is 58.6 cm³/mol. The standard InChI is InChI=1S/C6H5BrN4S2/c7-4-2-1-3(13-4)5-9-10-6(12)11(5)8/h1-2H,8H2,(H,10,12). The number of aromatic nitrogens is 3. The topological polar surface area (TPSA) is 59.6 Å². The van der Waals surface area contributed by atoms with E-state index in [1.165, 1.54) is 4.68 Å². The third kappa shape index (κ3) is 1.54. The Bertz CT molecular complexity index is 483. The Morgan fingerprint density at radius 3 is 2.85 bits per heavy atom. The number of nitrogens with zero attached hydrogens (tertiary/aromatic N) is 2. The second-order valence-electron chi connectivity index (χ2n) is 2.33. The molecule has 0 aliphatic heterocycles. The first-order valence-electron chi connectivity index (χ1n) is 3.36. The van der Waals surface area contributed by atoms with Crippen molar-refractivity contribution < 1.29 is 0 Å². The normalized spacial score (nSPS) is 10.5. The number of H-pyrrole nitrogens is 1. The molecular weight excluding hydrogens is 272 g/mol. The van der Waals surface area contributed by atoms with Crippen LogP contribution in [0, 0.1) is 4.77 Å². The van der Waals surface area contributed by atoms with Crippen molar-refractivity contribution in [2.24, 2.45) is 0 Å². The van der Waals surface area contributed by atoms with Gasteiger partial charge in [-0.2, -0.15) is 5.10 Å². The Balaban J connectivity index is 2.58. The second kappa shape index (κ2) is 3.24. The minimum absolute atomic E-state index is 0.416. The molecule has 0 aromatic carbocycles. The first kappa shape index (κ1) is 8.92. The van der Waals surface area contributed by atoms with Gasteiger partial charge in [-0.3, -0.25) is 0 Å². The first-order chi connectivity index (χ1) is 6.18. The largest absolute Gasteiger partial charge is 0.335 e. The van der Waals surface area contributed by atoms with Gasteiger partial charge in [-0.25, -0.2) is 9.77 Å². The first-order valence-corrected chi connectivity index (χ1v) is 5.38. The van der Waals surface area contributed by atoms with E-state index in [-0.39, 0.29) is 0 Å². The van der Waals surface area contributed by atoms with Gasteiger partial charge in [0, 0.05) is 0 Å². The van der Waals surface area contributed by atoms with Crippen LogP contribution in [0.2, 0.25) is 0 Å². The summed E-state index contributed by atoms with van der Waals surface area (Å²) in [5, 5.41) is 6.64. The average molecular weight is 277 g/mol. The van der Waals surface area contributed by atoms with Crippen LogP contribution in [-0.2, 0) is 0 Å². The fourth-order valence-corrected chi connectivity index (χ4v) is 2.42. The molecule has 0 saturated carbocycles. The lowest BCUT2D eigenvalue weighted by Gasteiger charge is -1.94. The van der Waals surface area contributed by atoms with E-state index < -0.39 is 0 Å².